The van der Waals surface area contributed by atoms with Crippen molar-refractivity contribution in [1.82, 2.24) is 14.8 Å². The minimum Gasteiger partial charge on any atom is -0.383 e. The Morgan fingerprint density at radius 3 is 2.71 bits per heavy atom. The van der Waals surface area contributed by atoms with E-state index in [0.29, 0.717) is 5.56 Å². The first-order chi connectivity index (χ1) is 8.08. The summed E-state index contributed by atoms with van der Waals surface area (Å²) < 4.78 is 0.768. The molecule has 0 atom stereocenters. The molecule has 2 heterocycles. The van der Waals surface area contributed by atoms with Crippen LogP contribution in [-0.4, -0.2) is 53.9 Å². The van der Waals surface area contributed by atoms with Crippen LogP contribution in [-0.2, 0) is 0 Å². The van der Waals surface area contributed by atoms with Gasteiger partial charge in [-0.1, -0.05) is 0 Å². The molecule has 1 amide bonds. The quantitative estimate of drug-likeness (QED) is 0.834. The molecule has 5 nitrogen and oxygen atoms in total. The first-order valence-electron chi connectivity index (χ1n) is 5.47. The van der Waals surface area contributed by atoms with E-state index in [1.807, 2.05) is 4.90 Å². The molecule has 0 aliphatic carbocycles. The molecule has 1 fully saturated rings. The number of aromatic nitrogens is 1. The molecule has 6 heteroatoms. The van der Waals surface area contributed by atoms with Crippen molar-refractivity contribution >= 4 is 27.7 Å². The maximum absolute atomic E-state index is 12.2. The maximum Gasteiger partial charge on any atom is 0.257 e. The van der Waals surface area contributed by atoms with E-state index in [9.17, 15) is 4.79 Å². The lowest BCUT2D eigenvalue weighted by Gasteiger charge is -2.32. The van der Waals surface area contributed by atoms with Gasteiger partial charge in [0.2, 0.25) is 0 Å². The molecule has 1 aliphatic heterocycles. The van der Waals surface area contributed by atoms with Crippen molar-refractivity contribution in [2.75, 3.05) is 39.0 Å². The van der Waals surface area contributed by atoms with Gasteiger partial charge in [-0.2, -0.15) is 0 Å². The largest absolute Gasteiger partial charge is 0.383 e. The van der Waals surface area contributed by atoms with Crippen LogP contribution in [0.25, 0.3) is 0 Å². The minimum atomic E-state index is -0.0376. The molecule has 0 spiro atoms. The highest BCUT2D eigenvalue weighted by Crippen LogP contribution is 2.18. The lowest BCUT2D eigenvalue weighted by atomic mass is 10.2. The van der Waals surface area contributed by atoms with Crippen molar-refractivity contribution in [2.24, 2.45) is 0 Å². The first kappa shape index (κ1) is 12.3. The lowest BCUT2D eigenvalue weighted by Crippen LogP contribution is -2.47. The topological polar surface area (TPSA) is 62.5 Å². The van der Waals surface area contributed by atoms with Crippen LogP contribution >= 0.6 is 15.9 Å². The van der Waals surface area contributed by atoms with E-state index in [0.717, 1.165) is 30.7 Å². The van der Waals surface area contributed by atoms with Crippen molar-refractivity contribution in [3.8, 4) is 0 Å². The number of halogens is 1. The number of anilines is 1. The van der Waals surface area contributed by atoms with Gasteiger partial charge < -0.3 is 15.5 Å². The Morgan fingerprint density at radius 1 is 1.41 bits per heavy atom. The smallest absolute Gasteiger partial charge is 0.257 e. The molecule has 0 saturated carbocycles. The van der Waals surface area contributed by atoms with Crippen LogP contribution in [0, 0.1) is 0 Å². The van der Waals surface area contributed by atoms with Crippen molar-refractivity contribution in [1.29, 1.82) is 0 Å². The summed E-state index contributed by atoms with van der Waals surface area (Å²) in [6.07, 6.45) is 1.59. The van der Waals surface area contributed by atoms with E-state index >= 15 is 0 Å². The van der Waals surface area contributed by atoms with Gasteiger partial charge >= 0.3 is 0 Å². The number of pyridine rings is 1. The number of hydrogen-bond acceptors (Lipinski definition) is 4. The van der Waals surface area contributed by atoms with Crippen molar-refractivity contribution in [3.63, 3.8) is 0 Å². The summed E-state index contributed by atoms with van der Waals surface area (Å²) in [5, 5.41) is 0. The third-order valence-electron chi connectivity index (χ3n) is 2.91. The molecular formula is C11H15BrN4O. The molecule has 2 N–H and O–H groups in total. The van der Waals surface area contributed by atoms with Crippen LogP contribution in [0.15, 0.2) is 16.7 Å². The fourth-order valence-corrected chi connectivity index (χ4v) is 2.13. The number of nitrogens with zero attached hydrogens (tertiary/aromatic N) is 3. The average Bonchev–Trinajstić information content (AvgIpc) is 2.32. The molecule has 2 rings (SSSR count). The Morgan fingerprint density at radius 2 is 2.06 bits per heavy atom. The molecule has 0 aromatic carbocycles. The van der Waals surface area contributed by atoms with Gasteiger partial charge in [0.1, 0.15) is 5.82 Å². The van der Waals surface area contributed by atoms with E-state index in [1.165, 1.54) is 0 Å². The Hall–Kier alpha value is -1.14. The van der Waals surface area contributed by atoms with Gasteiger partial charge in [-0.05, 0) is 29.0 Å². The Balaban J connectivity index is 2.16. The third kappa shape index (κ3) is 2.76. The molecule has 1 saturated heterocycles. The minimum absolute atomic E-state index is 0.0376. The van der Waals surface area contributed by atoms with Crippen LogP contribution in [0.1, 0.15) is 10.4 Å². The number of rotatable bonds is 1. The van der Waals surface area contributed by atoms with E-state index in [2.05, 4.69) is 32.9 Å². The summed E-state index contributed by atoms with van der Waals surface area (Å²) >= 11 is 3.30. The Labute approximate surface area is 109 Å². The van der Waals surface area contributed by atoms with Crippen molar-refractivity contribution in [2.45, 2.75) is 0 Å². The van der Waals surface area contributed by atoms with Gasteiger partial charge in [0.05, 0.1) is 5.56 Å². The van der Waals surface area contributed by atoms with E-state index < -0.39 is 0 Å². The van der Waals surface area contributed by atoms with Gasteiger partial charge in [-0.15, -0.1) is 0 Å². The molecule has 17 heavy (non-hydrogen) atoms. The molecule has 1 aliphatic rings. The highest BCUT2D eigenvalue weighted by atomic mass is 79.9. The maximum atomic E-state index is 12.2. The third-order valence-corrected chi connectivity index (χ3v) is 3.34. The summed E-state index contributed by atoms with van der Waals surface area (Å²) in [5.74, 6) is 0.251. The van der Waals surface area contributed by atoms with E-state index in [1.54, 1.807) is 12.3 Å². The zero-order valence-electron chi connectivity index (χ0n) is 9.69. The number of piperazine rings is 1. The van der Waals surface area contributed by atoms with Crippen molar-refractivity contribution in [3.05, 3.63) is 22.3 Å². The molecule has 1 aromatic rings. The van der Waals surface area contributed by atoms with Gasteiger partial charge in [0.15, 0.2) is 0 Å². The van der Waals surface area contributed by atoms with Crippen LogP contribution in [0.4, 0.5) is 5.82 Å². The average molecular weight is 299 g/mol. The highest BCUT2D eigenvalue weighted by Gasteiger charge is 2.22. The van der Waals surface area contributed by atoms with Gasteiger partial charge in [0, 0.05) is 36.8 Å². The fraction of sp³-hybridized carbons (Fsp3) is 0.455. The van der Waals surface area contributed by atoms with Crippen LogP contribution in [0.3, 0.4) is 0 Å². The predicted molar refractivity (Wildman–Crippen MR) is 69.7 cm³/mol. The summed E-state index contributed by atoms with van der Waals surface area (Å²) in [5.41, 5.74) is 6.21. The summed E-state index contributed by atoms with van der Waals surface area (Å²) in [7, 11) is 2.05. The zero-order chi connectivity index (χ0) is 12.4. The van der Waals surface area contributed by atoms with Crippen LogP contribution in [0.2, 0.25) is 0 Å². The number of nitrogens with two attached hydrogens (primary N) is 1. The van der Waals surface area contributed by atoms with Gasteiger partial charge in [-0.3, -0.25) is 4.79 Å². The summed E-state index contributed by atoms with van der Waals surface area (Å²) in [6, 6.07) is 1.73. The van der Waals surface area contributed by atoms with E-state index in [-0.39, 0.29) is 11.7 Å². The second-order valence-corrected chi connectivity index (χ2v) is 5.10. The normalized spacial score (nSPS) is 17.2. The molecule has 0 unspecified atom stereocenters. The van der Waals surface area contributed by atoms with Gasteiger partial charge in [-0.25, -0.2) is 4.98 Å². The second kappa shape index (κ2) is 5.01. The lowest BCUT2D eigenvalue weighted by molar-refractivity contribution is 0.0665. The summed E-state index contributed by atoms with van der Waals surface area (Å²) in [6.45, 7) is 3.27. The van der Waals surface area contributed by atoms with Crippen LogP contribution in [0.5, 0.6) is 0 Å². The van der Waals surface area contributed by atoms with Crippen molar-refractivity contribution < 1.29 is 4.79 Å². The SMILES string of the molecule is CN1CCN(C(=O)c2cc(Br)cnc2N)CC1. The van der Waals surface area contributed by atoms with Gasteiger partial charge in [0.25, 0.3) is 5.91 Å². The molecule has 92 valence electrons. The number of hydrogen-bond donors (Lipinski definition) is 1. The molecule has 1 aromatic heterocycles. The first-order valence-corrected chi connectivity index (χ1v) is 6.26. The molecule has 0 bridgehead atoms. The Bertz CT molecular complexity index is 429. The number of carbonyl (C=O) groups excluding carboxylic acids is 1. The number of likely N-dealkylation sites (N-methyl/N-ethyl adjacent to an activating group) is 1. The number of carbonyl (C=O) groups is 1. The van der Waals surface area contributed by atoms with E-state index in [4.69, 9.17) is 5.73 Å². The molecule has 0 radical (unpaired) electrons. The fourth-order valence-electron chi connectivity index (χ4n) is 1.80. The highest BCUT2D eigenvalue weighted by molar-refractivity contribution is 9.10. The second-order valence-electron chi connectivity index (χ2n) is 4.18. The van der Waals surface area contributed by atoms with Crippen LogP contribution < -0.4 is 5.73 Å². The summed E-state index contributed by atoms with van der Waals surface area (Å²) in [4.78, 5) is 20.2. The molecular weight excluding hydrogens is 284 g/mol. The predicted octanol–water partition coefficient (Wildman–Crippen LogP) is 0.814. The zero-order valence-corrected chi connectivity index (χ0v) is 11.3. The number of nitrogen functional groups attached to an aromatic ring is 1. The standard InChI is InChI=1S/C11H15BrN4O/c1-15-2-4-16(5-3-15)11(17)9-6-8(12)7-14-10(9)13/h6-7H,2-5H2,1H3,(H2,13,14). The monoisotopic (exact) mass is 298 g/mol. The Kier molecular flexibility index (Phi) is 3.63. The number of amides is 1.